The van der Waals surface area contributed by atoms with E-state index in [1.165, 1.54) is 0 Å². The molecule has 6 heteroatoms. The molecule has 5 nitrogen and oxygen atoms in total. The Labute approximate surface area is 131 Å². The van der Waals surface area contributed by atoms with Gasteiger partial charge < -0.3 is 15.7 Å². The standard InChI is InChI=1S/C14H17IN2O3/c15-11-6-1-2-7-12(11)17-14(20)16-8-9-4-3-5-10(9)13(18)19/h1-2,6-7,9-10H,3-5,8H2,(H,18,19)(H2,16,17,20). The molecule has 1 aromatic carbocycles. The Morgan fingerprint density at radius 3 is 2.75 bits per heavy atom. The van der Waals surface area contributed by atoms with Crippen molar-refractivity contribution in [3.8, 4) is 0 Å². The first-order chi connectivity index (χ1) is 9.58. The second-order valence-electron chi connectivity index (χ2n) is 4.95. The highest BCUT2D eigenvalue weighted by Gasteiger charge is 2.32. The molecule has 0 aliphatic heterocycles. The fourth-order valence-corrected chi connectivity index (χ4v) is 3.08. The molecule has 2 amide bonds. The van der Waals surface area contributed by atoms with Crippen LogP contribution in [0.15, 0.2) is 24.3 Å². The van der Waals surface area contributed by atoms with Crippen LogP contribution in [0.25, 0.3) is 0 Å². The van der Waals surface area contributed by atoms with Gasteiger partial charge in [-0.05, 0) is 53.5 Å². The molecule has 108 valence electrons. The first-order valence-corrected chi connectivity index (χ1v) is 7.68. The van der Waals surface area contributed by atoms with Crippen LogP contribution in [0, 0.1) is 15.4 Å². The van der Waals surface area contributed by atoms with Crippen molar-refractivity contribution in [3.63, 3.8) is 0 Å². The summed E-state index contributed by atoms with van der Waals surface area (Å²) in [5.74, 6) is -1.05. The largest absolute Gasteiger partial charge is 0.481 e. The van der Waals surface area contributed by atoms with Crippen molar-refractivity contribution in [2.75, 3.05) is 11.9 Å². The van der Waals surface area contributed by atoms with Crippen LogP contribution < -0.4 is 10.6 Å². The van der Waals surface area contributed by atoms with Gasteiger partial charge in [0.15, 0.2) is 0 Å². The molecule has 0 bridgehead atoms. The van der Waals surface area contributed by atoms with Crippen molar-refractivity contribution in [2.45, 2.75) is 19.3 Å². The number of urea groups is 1. The third kappa shape index (κ3) is 3.84. The van der Waals surface area contributed by atoms with Gasteiger partial charge in [0, 0.05) is 10.1 Å². The Bertz CT molecular complexity index is 507. The summed E-state index contributed by atoms with van der Waals surface area (Å²) in [7, 11) is 0. The van der Waals surface area contributed by atoms with Crippen molar-refractivity contribution in [1.82, 2.24) is 5.32 Å². The highest BCUT2D eigenvalue weighted by atomic mass is 127. The zero-order valence-electron chi connectivity index (χ0n) is 10.9. The second kappa shape index (κ2) is 6.92. The third-order valence-corrected chi connectivity index (χ3v) is 4.56. The maximum absolute atomic E-state index is 11.8. The lowest BCUT2D eigenvalue weighted by molar-refractivity contribution is -0.142. The molecule has 1 aliphatic carbocycles. The molecule has 2 atom stereocenters. The quantitative estimate of drug-likeness (QED) is 0.695. The summed E-state index contributed by atoms with van der Waals surface area (Å²) in [6, 6.07) is 7.21. The number of anilines is 1. The molecule has 1 saturated carbocycles. The normalized spacial score (nSPS) is 21.4. The molecule has 0 spiro atoms. The van der Waals surface area contributed by atoms with Crippen LogP contribution in [0.3, 0.4) is 0 Å². The van der Waals surface area contributed by atoms with Gasteiger partial charge in [-0.3, -0.25) is 4.79 Å². The molecule has 1 fully saturated rings. The minimum atomic E-state index is -0.757. The van der Waals surface area contributed by atoms with Gasteiger partial charge >= 0.3 is 12.0 Å². The molecule has 3 N–H and O–H groups in total. The van der Waals surface area contributed by atoms with E-state index in [2.05, 4.69) is 33.2 Å². The fraction of sp³-hybridized carbons (Fsp3) is 0.429. The predicted molar refractivity (Wildman–Crippen MR) is 84.6 cm³/mol. The third-order valence-electron chi connectivity index (χ3n) is 3.62. The Kier molecular flexibility index (Phi) is 5.22. The van der Waals surface area contributed by atoms with E-state index in [-0.39, 0.29) is 17.9 Å². The lowest BCUT2D eigenvalue weighted by Gasteiger charge is -2.16. The first-order valence-electron chi connectivity index (χ1n) is 6.60. The molecule has 0 aromatic heterocycles. The van der Waals surface area contributed by atoms with Gasteiger partial charge in [0.1, 0.15) is 0 Å². The molecular weight excluding hydrogens is 371 g/mol. The zero-order chi connectivity index (χ0) is 14.5. The highest BCUT2D eigenvalue weighted by Crippen LogP contribution is 2.31. The summed E-state index contributed by atoms with van der Waals surface area (Å²) in [6.45, 7) is 0.409. The summed E-state index contributed by atoms with van der Waals surface area (Å²) in [5, 5.41) is 14.6. The monoisotopic (exact) mass is 388 g/mol. The van der Waals surface area contributed by atoms with Gasteiger partial charge in [0.25, 0.3) is 0 Å². The average Bonchev–Trinajstić information content (AvgIpc) is 2.88. The lowest BCUT2D eigenvalue weighted by atomic mass is 9.96. The van der Waals surface area contributed by atoms with Crippen LogP contribution >= 0.6 is 22.6 Å². The maximum atomic E-state index is 11.8. The van der Waals surface area contributed by atoms with Gasteiger partial charge in [-0.1, -0.05) is 18.6 Å². The molecule has 2 unspecified atom stereocenters. The number of halogens is 1. The van der Waals surface area contributed by atoms with Gasteiger partial charge in [-0.25, -0.2) is 4.79 Å². The van der Waals surface area contributed by atoms with Crippen molar-refractivity contribution in [2.24, 2.45) is 11.8 Å². The fourth-order valence-electron chi connectivity index (χ4n) is 2.56. The Morgan fingerprint density at radius 1 is 1.30 bits per heavy atom. The van der Waals surface area contributed by atoms with Gasteiger partial charge in [-0.15, -0.1) is 0 Å². The summed E-state index contributed by atoms with van der Waals surface area (Å²) < 4.78 is 0.963. The number of rotatable bonds is 4. The van der Waals surface area contributed by atoms with Gasteiger partial charge in [0.2, 0.25) is 0 Å². The second-order valence-corrected chi connectivity index (χ2v) is 6.11. The summed E-state index contributed by atoms with van der Waals surface area (Å²) >= 11 is 2.15. The van der Waals surface area contributed by atoms with Crippen LogP contribution in [-0.4, -0.2) is 23.7 Å². The number of carbonyl (C=O) groups is 2. The number of hydrogen-bond donors (Lipinski definition) is 3. The van der Waals surface area contributed by atoms with Crippen molar-refractivity contribution >= 4 is 40.3 Å². The van der Waals surface area contributed by atoms with Crippen LogP contribution in [0.2, 0.25) is 0 Å². The number of carboxylic acid groups (broad SMARTS) is 1. The molecule has 1 aromatic rings. The molecule has 20 heavy (non-hydrogen) atoms. The number of para-hydroxylation sites is 1. The van der Waals surface area contributed by atoms with Crippen molar-refractivity contribution in [3.05, 3.63) is 27.8 Å². The number of carbonyl (C=O) groups excluding carboxylic acids is 1. The molecule has 0 saturated heterocycles. The van der Waals surface area contributed by atoms with E-state index in [9.17, 15) is 9.59 Å². The molecule has 0 radical (unpaired) electrons. The maximum Gasteiger partial charge on any atom is 0.319 e. The Balaban J connectivity index is 1.84. The Morgan fingerprint density at radius 2 is 2.05 bits per heavy atom. The first kappa shape index (κ1) is 15.1. The van der Waals surface area contributed by atoms with E-state index in [4.69, 9.17) is 5.11 Å². The minimum Gasteiger partial charge on any atom is -0.481 e. The lowest BCUT2D eigenvalue weighted by Crippen LogP contribution is -2.35. The van der Waals surface area contributed by atoms with E-state index in [0.29, 0.717) is 13.0 Å². The van der Waals surface area contributed by atoms with E-state index in [0.717, 1.165) is 22.1 Å². The van der Waals surface area contributed by atoms with Crippen LogP contribution in [0.1, 0.15) is 19.3 Å². The molecule has 1 aliphatic rings. The van der Waals surface area contributed by atoms with E-state index < -0.39 is 5.97 Å². The smallest absolute Gasteiger partial charge is 0.319 e. The summed E-state index contributed by atoms with van der Waals surface area (Å²) in [6.07, 6.45) is 2.49. The average molecular weight is 388 g/mol. The number of aliphatic carboxylic acids is 1. The minimum absolute atomic E-state index is 0.0353. The summed E-state index contributed by atoms with van der Waals surface area (Å²) in [5.41, 5.74) is 0.756. The van der Waals surface area contributed by atoms with Crippen molar-refractivity contribution < 1.29 is 14.7 Å². The SMILES string of the molecule is O=C(NCC1CCCC1C(=O)O)Nc1ccccc1I. The van der Waals surface area contributed by atoms with E-state index in [1.807, 2.05) is 24.3 Å². The molecule has 0 heterocycles. The summed E-state index contributed by atoms with van der Waals surface area (Å²) in [4.78, 5) is 22.9. The topological polar surface area (TPSA) is 78.4 Å². The van der Waals surface area contributed by atoms with Crippen molar-refractivity contribution in [1.29, 1.82) is 0 Å². The Hall–Kier alpha value is -1.31. The van der Waals surface area contributed by atoms with Crippen LogP contribution in [-0.2, 0) is 4.79 Å². The van der Waals surface area contributed by atoms with Crippen LogP contribution in [0.5, 0.6) is 0 Å². The number of nitrogens with one attached hydrogen (secondary N) is 2. The van der Waals surface area contributed by atoms with Gasteiger partial charge in [-0.2, -0.15) is 0 Å². The molecular formula is C14H17IN2O3. The predicted octanol–water partition coefficient (Wildman–Crippen LogP) is 2.91. The number of carboxylic acids is 1. The number of amides is 2. The van der Waals surface area contributed by atoms with E-state index in [1.54, 1.807) is 0 Å². The molecule has 2 rings (SSSR count). The highest BCUT2D eigenvalue weighted by molar-refractivity contribution is 14.1. The number of benzene rings is 1. The van der Waals surface area contributed by atoms with Crippen LogP contribution in [0.4, 0.5) is 10.5 Å². The zero-order valence-corrected chi connectivity index (χ0v) is 13.1. The van der Waals surface area contributed by atoms with Gasteiger partial charge in [0.05, 0.1) is 11.6 Å². The van der Waals surface area contributed by atoms with E-state index >= 15 is 0 Å². The number of hydrogen-bond acceptors (Lipinski definition) is 2.